The summed E-state index contributed by atoms with van der Waals surface area (Å²) in [7, 11) is 0. The molecular weight excluding hydrogens is 241 g/mol. The summed E-state index contributed by atoms with van der Waals surface area (Å²) in [6, 6.07) is 5.30. The number of hydrogen-bond acceptors (Lipinski definition) is 2. The zero-order valence-electron chi connectivity index (χ0n) is 11.9. The molecule has 1 aliphatic rings. The quantitative estimate of drug-likeness (QED) is 0.820. The molecular formula is C16H24FNO. The zero-order valence-corrected chi connectivity index (χ0v) is 11.9. The second-order valence-electron chi connectivity index (χ2n) is 5.67. The van der Waals surface area contributed by atoms with E-state index in [0.717, 1.165) is 23.8 Å². The maximum Gasteiger partial charge on any atom is 0.123 e. The van der Waals surface area contributed by atoms with E-state index in [9.17, 15) is 4.39 Å². The lowest BCUT2D eigenvalue weighted by Crippen LogP contribution is -2.35. The predicted molar refractivity (Wildman–Crippen MR) is 76.1 cm³/mol. The van der Waals surface area contributed by atoms with Crippen LogP contribution in [0.3, 0.4) is 0 Å². The molecule has 0 bridgehead atoms. The van der Waals surface area contributed by atoms with Crippen molar-refractivity contribution in [1.82, 2.24) is 5.32 Å². The Balaban J connectivity index is 1.66. The van der Waals surface area contributed by atoms with Gasteiger partial charge in [-0.2, -0.15) is 0 Å². The molecule has 1 saturated carbocycles. The highest BCUT2D eigenvalue weighted by Gasteiger charge is 2.17. The van der Waals surface area contributed by atoms with E-state index in [-0.39, 0.29) is 5.82 Å². The van der Waals surface area contributed by atoms with Crippen LogP contribution in [0, 0.1) is 18.7 Å². The average Bonchev–Trinajstić information content (AvgIpc) is 2.39. The topological polar surface area (TPSA) is 21.3 Å². The van der Waals surface area contributed by atoms with Crippen LogP contribution in [0.4, 0.5) is 4.39 Å². The van der Waals surface area contributed by atoms with E-state index in [1.54, 1.807) is 6.07 Å². The highest BCUT2D eigenvalue weighted by atomic mass is 19.1. The second kappa shape index (κ2) is 6.90. The van der Waals surface area contributed by atoms with Crippen LogP contribution in [0.1, 0.15) is 38.2 Å². The van der Waals surface area contributed by atoms with Gasteiger partial charge in [-0.25, -0.2) is 4.39 Å². The molecule has 2 rings (SSSR count). The lowest BCUT2D eigenvalue weighted by atomic mass is 9.87. The first-order valence-corrected chi connectivity index (χ1v) is 7.27. The van der Waals surface area contributed by atoms with Gasteiger partial charge in [0.2, 0.25) is 0 Å². The molecule has 0 spiro atoms. The van der Waals surface area contributed by atoms with Gasteiger partial charge in [0.05, 0.1) is 0 Å². The molecule has 3 heteroatoms. The smallest absolute Gasteiger partial charge is 0.123 e. The van der Waals surface area contributed by atoms with Crippen LogP contribution in [0.2, 0.25) is 0 Å². The molecule has 1 aromatic rings. The number of nitrogens with one attached hydrogen (secondary N) is 1. The molecule has 0 aliphatic heterocycles. The number of halogens is 1. The Bertz CT molecular complexity index is 400. The van der Waals surface area contributed by atoms with Crippen molar-refractivity contribution >= 4 is 0 Å². The minimum atomic E-state index is -0.209. The maximum absolute atomic E-state index is 12.9. The van der Waals surface area contributed by atoms with Gasteiger partial charge < -0.3 is 10.1 Å². The van der Waals surface area contributed by atoms with Crippen molar-refractivity contribution in [2.24, 2.45) is 5.92 Å². The van der Waals surface area contributed by atoms with Crippen LogP contribution < -0.4 is 10.1 Å². The number of benzene rings is 1. The normalized spacial score (nSPS) is 23.3. The SMILES string of the molecule is Cc1cc(F)ccc1OCCNC1CCC(C)CC1. The van der Waals surface area contributed by atoms with Gasteiger partial charge in [0.25, 0.3) is 0 Å². The molecule has 0 aromatic heterocycles. The highest BCUT2D eigenvalue weighted by molar-refractivity contribution is 5.32. The van der Waals surface area contributed by atoms with Gasteiger partial charge >= 0.3 is 0 Å². The summed E-state index contributed by atoms with van der Waals surface area (Å²) in [6.45, 7) is 5.69. The third kappa shape index (κ3) is 4.50. The van der Waals surface area contributed by atoms with E-state index >= 15 is 0 Å². The van der Waals surface area contributed by atoms with E-state index in [0.29, 0.717) is 12.6 Å². The fourth-order valence-electron chi connectivity index (χ4n) is 2.66. The molecule has 106 valence electrons. The van der Waals surface area contributed by atoms with E-state index in [1.165, 1.54) is 37.8 Å². The van der Waals surface area contributed by atoms with Crippen LogP contribution in [-0.4, -0.2) is 19.2 Å². The summed E-state index contributed by atoms with van der Waals surface area (Å²) in [4.78, 5) is 0. The Morgan fingerprint density at radius 1 is 1.26 bits per heavy atom. The molecule has 1 fully saturated rings. The summed E-state index contributed by atoms with van der Waals surface area (Å²) in [5.41, 5.74) is 0.853. The third-order valence-corrected chi connectivity index (χ3v) is 3.95. The largest absolute Gasteiger partial charge is 0.492 e. The molecule has 1 aromatic carbocycles. The van der Waals surface area contributed by atoms with E-state index in [2.05, 4.69) is 12.2 Å². The van der Waals surface area contributed by atoms with Crippen LogP contribution >= 0.6 is 0 Å². The lowest BCUT2D eigenvalue weighted by Gasteiger charge is -2.27. The summed E-state index contributed by atoms with van der Waals surface area (Å²) in [5.74, 6) is 1.45. The third-order valence-electron chi connectivity index (χ3n) is 3.95. The summed E-state index contributed by atoms with van der Waals surface area (Å²) in [6.07, 6.45) is 5.21. The minimum Gasteiger partial charge on any atom is -0.492 e. The van der Waals surface area contributed by atoms with Gasteiger partial charge in [-0.3, -0.25) is 0 Å². The highest BCUT2D eigenvalue weighted by Crippen LogP contribution is 2.23. The van der Waals surface area contributed by atoms with Gasteiger partial charge in [0, 0.05) is 12.6 Å². The first-order valence-electron chi connectivity index (χ1n) is 7.27. The van der Waals surface area contributed by atoms with Crippen molar-refractivity contribution in [3.05, 3.63) is 29.6 Å². The number of ether oxygens (including phenoxy) is 1. The Kier molecular flexibility index (Phi) is 5.20. The lowest BCUT2D eigenvalue weighted by molar-refractivity contribution is 0.269. The predicted octanol–water partition coefficient (Wildman–Crippen LogP) is 3.68. The summed E-state index contributed by atoms with van der Waals surface area (Å²) >= 11 is 0. The van der Waals surface area contributed by atoms with Crippen molar-refractivity contribution in [2.75, 3.05) is 13.2 Å². The Labute approximate surface area is 115 Å². The molecule has 1 N–H and O–H groups in total. The molecule has 1 aliphatic carbocycles. The Hall–Kier alpha value is -1.09. The molecule has 0 radical (unpaired) electrons. The first kappa shape index (κ1) is 14.3. The monoisotopic (exact) mass is 265 g/mol. The Morgan fingerprint density at radius 2 is 2.00 bits per heavy atom. The fourth-order valence-corrected chi connectivity index (χ4v) is 2.66. The van der Waals surface area contributed by atoms with Crippen molar-refractivity contribution in [3.63, 3.8) is 0 Å². The number of hydrogen-bond donors (Lipinski definition) is 1. The van der Waals surface area contributed by atoms with E-state index in [4.69, 9.17) is 4.74 Å². The van der Waals surface area contributed by atoms with Crippen LogP contribution in [0.15, 0.2) is 18.2 Å². The van der Waals surface area contributed by atoms with Crippen molar-refractivity contribution in [3.8, 4) is 5.75 Å². The van der Waals surface area contributed by atoms with Gasteiger partial charge in [0.15, 0.2) is 0 Å². The molecule has 19 heavy (non-hydrogen) atoms. The van der Waals surface area contributed by atoms with Gasteiger partial charge in [-0.15, -0.1) is 0 Å². The average molecular weight is 265 g/mol. The summed E-state index contributed by atoms with van der Waals surface area (Å²) < 4.78 is 18.6. The van der Waals surface area contributed by atoms with Crippen molar-refractivity contribution in [1.29, 1.82) is 0 Å². The maximum atomic E-state index is 12.9. The molecule has 0 atom stereocenters. The van der Waals surface area contributed by atoms with Gasteiger partial charge in [-0.1, -0.05) is 6.92 Å². The standard InChI is InChI=1S/C16H24FNO/c1-12-3-6-15(7-4-12)18-9-10-19-16-8-5-14(17)11-13(16)2/h5,8,11-12,15,18H,3-4,6-7,9-10H2,1-2H3. The van der Waals surface area contributed by atoms with Crippen LogP contribution in [-0.2, 0) is 0 Å². The molecule has 0 saturated heterocycles. The molecule has 0 amide bonds. The zero-order chi connectivity index (χ0) is 13.7. The Morgan fingerprint density at radius 3 is 2.68 bits per heavy atom. The summed E-state index contributed by atoms with van der Waals surface area (Å²) in [5, 5.41) is 3.54. The molecule has 0 unspecified atom stereocenters. The molecule has 2 nitrogen and oxygen atoms in total. The van der Waals surface area contributed by atoms with Crippen molar-refractivity contribution in [2.45, 2.75) is 45.6 Å². The van der Waals surface area contributed by atoms with E-state index in [1.807, 2.05) is 6.92 Å². The van der Waals surface area contributed by atoms with Gasteiger partial charge in [-0.05, 0) is 62.3 Å². The second-order valence-corrected chi connectivity index (χ2v) is 5.67. The van der Waals surface area contributed by atoms with E-state index < -0.39 is 0 Å². The minimum absolute atomic E-state index is 0.209. The number of aryl methyl sites for hydroxylation is 1. The van der Waals surface area contributed by atoms with Crippen molar-refractivity contribution < 1.29 is 9.13 Å². The van der Waals surface area contributed by atoms with Crippen LogP contribution in [0.25, 0.3) is 0 Å². The first-order chi connectivity index (χ1) is 9.15. The number of rotatable bonds is 5. The van der Waals surface area contributed by atoms with Crippen LogP contribution in [0.5, 0.6) is 5.75 Å². The molecule has 0 heterocycles. The fraction of sp³-hybridized carbons (Fsp3) is 0.625. The van der Waals surface area contributed by atoms with Gasteiger partial charge in [0.1, 0.15) is 18.2 Å².